The van der Waals surface area contributed by atoms with E-state index in [9.17, 15) is 0 Å². The van der Waals surface area contributed by atoms with E-state index in [4.69, 9.17) is 0 Å². The molecule has 16 heavy (non-hydrogen) atoms. The molecule has 2 aliphatic rings. The second-order valence-corrected chi connectivity index (χ2v) is 6.19. The van der Waals surface area contributed by atoms with Crippen LogP contribution in [0.2, 0.25) is 0 Å². The summed E-state index contributed by atoms with van der Waals surface area (Å²) < 4.78 is 0. The van der Waals surface area contributed by atoms with E-state index in [1.54, 1.807) is 0 Å². The molecule has 0 spiro atoms. The molecular formula is C15H29N. The van der Waals surface area contributed by atoms with E-state index in [1.807, 2.05) is 0 Å². The number of rotatable bonds is 2. The molecule has 0 amide bonds. The first-order valence-electron chi connectivity index (χ1n) is 7.60. The molecule has 0 aromatic carbocycles. The first-order chi connectivity index (χ1) is 7.84. The molecule has 0 radical (unpaired) electrons. The van der Waals surface area contributed by atoms with Crippen molar-refractivity contribution in [2.45, 2.75) is 89.6 Å². The Balaban J connectivity index is 1.67. The molecule has 2 fully saturated rings. The Kier molecular flexibility index (Phi) is 5.15. The number of hydrogen-bond donors (Lipinski definition) is 1. The minimum Gasteiger partial charge on any atom is -0.311 e. The van der Waals surface area contributed by atoms with Crippen LogP contribution in [0.25, 0.3) is 0 Å². The van der Waals surface area contributed by atoms with E-state index < -0.39 is 0 Å². The van der Waals surface area contributed by atoms with Crippen molar-refractivity contribution in [2.75, 3.05) is 0 Å². The summed E-state index contributed by atoms with van der Waals surface area (Å²) in [5.74, 6) is 0.983. The summed E-state index contributed by atoms with van der Waals surface area (Å²) in [5, 5.41) is 3.90. The van der Waals surface area contributed by atoms with Gasteiger partial charge in [0.05, 0.1) is 0 Å². The van der Waals surface area contributed by atoms with Gasteiger partial charge in [0.15, 0.2) is 0 Å². The lowest BCUT2D eigenvalue weighted by Crippen LogP contribution is -2.45. The maximum Gasteiger partial charge on any atom is 0.00747 e. The molecule has 94 valence electrons. The molecule has 0 heterocycles. The highest BCUT2D eigenvalue weighted by Crippen LogP contribution is 2.28. The average Bonchev–Trinajstić information content (AvgIpc) is 2.25. The summed E-state index contributed by atoms with van der Waals surface area (Å²) in [7, 11) is 0. The standard InChI is InChI=1S/C15H29N/c1-13-11-15(12-13)16-14-9-7-5-3-2-4-6-8-10-14/h13-16H,2-12H2,1H3. The zero-order chi connectivity index (χ0) is 11.2. The van der Waals surface area contributed by atoms with Crippen molar-refractivity contribution in [1.29, 1.82) is 0 Å². The summed E-state index contributed by atoms with van der Waals surface area (Å²) in [6, 6.07) is 1.71. The maximum atomic E-state index is 3.90. The molecule has 0 aromatic heterocycles. The van der Waals surface area contributed by atoms with Crippen LogP contribution in [0.4, 0.5) is 0 Å². The summed E-state index contributed by atoms with van der Waals surface area (Å²) in [6.07, 6.45) is 16.0. The maximum absolute atomic E-state index is 3.90. The predicted molar refractivity (Wildman–Crippen MR) is 70.7 cm³/mol. The normalized spacial score (nSPS) is 34.3. The Morgan fingerprint density at radius 3 is 1.69 bits per heavy atom. The molecule has 1 heteroatoms. The van der Waals surface area contributed by atoms with Gasteiger partial charge < -0.3 is 5.32 Å². The fraction of sp³-hybridized carbons (Fsp3) is 1.00. The van der Waals surface area contributed by atoms with Crippen LogP contribution in [0.1, 0.15) is 77.6 Å². The van der Waals surface area contributed by atoms with Crippen LogP contribution in [0.15, 0.2) is 0 Å². The molecule has 0 aromatic rings. The smallest absolute Gasteiger partial charge is 0.00747 e. The Morgan fingerprint density at radius 1 is 0.688 bits per heavy atom. The van der Waals surface area contributed by atoms with Crippen LogP contribution in [-0.2, 0) is 0 Å². The molecule has 1 nitrogen and oxygen atoms in total. The van der Waals surface area contributed by atoms with Gasteiger partial charge in [-0.15, -0.1) is 0 Å². The molecule has 0 aliphatic heterocycles. The first kappa shape index (κ1) is 12.4. The van der Waals surface area contributed by atoms with Crippen LogP contribution in [0.5, 0.6) is 0 Å². The summed E-state index contributed by atoms with van der Waals surface area (Å²) in [5.41, 5.74) is 0. The summed E-state index contributed by atoms with van der Waals surface area (Å²) >= 11 is 0. The van der Waals surface area contributed by atoms with Gasteiger partial charge in [-0.2, -0.15) is 0 Å². The average molecular weight is 223 g/mol. The Bertz CT molecular complexity index is 174. The van der Waals surface area contributed by atoms with Gasteiger partial charge in [-0.1, -0.05) is 51.9 Å². The number of hydrogen-bond acceptors (Lipinski definition) is 1. The molecule has 0 unspecified atom stereocenters. The van der Waals surface area contributed by atoms with E-state index in [2.05, 4.69) is 12.2 Å². The van der Waals surface area contributed by atoms with Gasteiger partial charge >= 0.3 is 0 Å². The fourth-order valence-corrected chi connectivity index (χ4v) is 3.35. The van der Waals surface area contributed by atoms with E-state index in [1.165, 1.54) is 70.6 Å². The van der Waals surface area contributed by atoms with Crippen LogP contribution in [0.3, 0.4) is 0 Å². The molecule has 1 N–H and O–H groups in total. The van der Waals surface area contributed by atoms with Crippen molar-refractivity contribution < 1.29 is 0 Å². The third-order valence-corrected chi connectivity index (χ3v) is 4.45. The molecule has 0 saturated heterocycles. The lowest BCUT2D eigenvalue weighted by Gasteiger charge is -2.37. The van der Waals surface area contributed by atoms with Crippen molar-refractivity contribution in [2.24, 2.45) is 5.92 Å². The van der Waals surface area contributed by atoms with Crippen LogP contribution in [-0.4, -0.2) is 12.1 Å². The Hall–Kier alpha value is -0.0400. The molecule has 0 bridgehead atoms. The Labute approximate surface area is 101 Å². The van der Waals surface area contributed by atoms with E-state index in [0.29, 0.717) is 0 Å². The zero-order valence-electron chi connectivity index (χ0n) is 11.0. The topological polar surface area (TPSA) is 12.0 Å². The minimum absolute atomic E-state index is 0.843. The second kappa shape index (κ2) is 6.64. The highest BCUT2D eigenvalue weighted by Gasteiger charge is 2.26. The Morgan fingerprint density at radius 2 is 1.19 bits per heavy atom. The van der Waals surface area contributed by atoms with Gasteiger partial charge in [0.2, 0.25) is 0 Å². The van der Waals surface area contributed by atoms with Crippen molar-refractivity contribution in [1.82, 2.24) is 5.32 Å². The fourth-order valence-electron chi connectivity index (χ4n) is 3.35. The predicted octanol–water partition coefficient (Wildman–Crippen LogP) is 4.27. The van der Waals surface area contributed by atoms with Crippen LogP contribution < -0.4 is 5.32 Å². The van der Waals surface area contributed by atoms with Gasteiger partial charge in [-0.05, 0) is 31.6 Å². The van der Waals surface area contributed by atoms with Crippen molar-refractivity contribution in [3.05, 3.63) is 0 Å². The third kappa shape index (κ3) is 4.08. The third-order valence-electron chi connectivity index (χ3n) is 4.45. The lowest BCUT2D eigenvalue weighted by atomic mass is 9.81. The minimum atomic E-state index is 0.843. The van der Waals surface area contributed by atoms with Crippen molar-refractivity contribution in [3.8, 4) is 0 Å². The lowest BCUT2D eigenvalue weighted by molar-refractivity contribution is 0.210. The van der Waals surface area contributed by atoms with Gasteiger partial charge in [0.25, 0.3) is 0 Å². The summed E-state index contributed by atoms with van der Waals surface area (Å²) in [4.78, 5) is 0. The molecule has 0 atom stereocenters. The van der Waals surface area contributed by atoms with Crippen LogP contribution >= 0.6 is 0 Å². The van der Waals surface area contributed by atoms with Gasteiger partial charge in [0.1, 0.15) is 0 Å². The van der Waals surface area contributed by atoms with Crippen LogP contribution in [0, 0.1) is 5.92 Å². The van der Waals surface area contributed by atoms with Gasteiger partial charge in [-0.25, -0.2) is 0 Å². The molecule has 2 rings (SSSR count). The highest BCUT2D eigenvalue weighted by atomic mass is 15.0. The van der Waals surface area contributed by atoms with Crippen molar-refractivity contribution >= 4 is 0 Å². The highest BCUT2D eigenvalue weighted by molar-refractivity contribution is 4.85. The van der Waals surface area contributed by atoms with E-state index >= 15 is 0 Å². The largest absolute Gasteiger partial charge is 0.311 e. The summed E-state index contributed by atoms with van der Waals surface area (Å²) in [6.45, 7) is 2.38. The van der Waals surface area contributed by atoms with E-state index in [-0.39, 0.29) is 0 Å². The molecule has 2 saturated carbocycles. The van der Waals surface area contributed by atoms with E-state index in [0.717, 1.165) is 18.0 Å². The quantitative estimate of drug-likeness (QED) is 0.737. The molecular weight excluding hydrogens is 194 g/mol. The molecule has 2 aliphatic carbocycles. The van der Waals surface area contributed by atoms with Crippen molar-refractivity contribution in [3.63, 3.8) is 0 Å². The van der Waals surface area contributed by atoms with Gasteiger partial charge in [-0.3, -0.25) is 0 Å². The monoisotopic (exact) mass is 223 g/mol. The second-order valence-electron chi connectivity index (χ2n) is 6.19. The van der Waals surface area contributed by atoms with Gasteiger partial charge in [0, 0.05) is 12.1 Å². The SMILES string of the molecule is CC1CC(NC2CCCCCCCCC2)C1. The number of nitrogens with one attached hydrogen (secondary N) is 1. The zero-order valence-corrected chi connectivity index (χ0v) is 11.0. The first-order valence-corrected chi connectivity index (χ1v) is 7.60.